The molecule has 0 radical (unpaired) electrons. The standard InChI is InChI=1S/C13H16BrNO3/c1-2-9(6-16)15-13(17)11-7-18-12-4-3-8(14)5-10(11)12/h3-5,9,11,16H,2,6-7H2,1H3,(H,15,17). The molecular weight excluding hydrogens is 298 g/mol. The van der Waals surface area contributed by atoms with Crippen molar-refractivity contribution >= 4 is 21.8 Å². The molecule has 4 nitrogen and oxygen atoms in total. The second-order valence-corrected chi connectivity index (χ2v) is 5.26. The summed E-state index contributed by atoms with van der Waals surface area (Å²) in [6.45, 7) is 2.25. The van der Waals surface area contributed by atoms with E-state index in [1.165, 1.54) is 0 Å². The minimum Gasteiger partial charge on any atom is -0.492 e. The fourth-order valence-corrected chi connectivity index (χ4v) is 2.36. The molecule has 2 atom stereocenters. The number of fused-ring (bicyclic) bond motifs is 1. The first-order chi connectivity index (χ1) is 8.65. The summed E-state index contributed by atoms with van der Waals surface area (Å²) in [5.41, 5.74) is 0.898. The summed E-state index contributed by atoms with van der Waals surface area (Å²) in [7, 11) is 0. The van der Waals surface area contributed by atoms with Crippen LogP contribution in [0.1, 0.15) is 24.8 Å². The zero-order valence-corrected chi connectivity index (χ0v) is 11.7. The molecule has 1 heterocycles. The molecule has 1 aliphatic rings. The molecule has 0 spiro atoms. The van der Waals surface area contributed by atoms with Crippen molar-refractivity contribution in [1.82, 2.24) is 5.32 Å². The molecule has 5 heteroatoms. The van der Waals surface area contributed by atoms with E-state index in [0.717, 1.165) is 15.8 Å². The van der Waals surface area contributed by atoms with Crippen LogP contribution in [0.25, 0.3) is 0 Å². The molecule has 0 saturated carbocycles. The number of nitrogens with one attached hydrogen (secondary N) is 1. The normalized spacial score (nSPS) is 18.9. The Labute approximate surface area is 114 Å². The first-order valence-electron chi connectivity index (χ1n) is 5.99. The third-order valence-corrected chi connectivity index (χ3v) is 3.62. The van der Waals surface area contributed by atoms with Gasteiger partial charge in [-0.25, -0.2) is 0 Å². The van der Waals surface area contributed by atoms with Crippen LogP contribution in [0.4, 0.5) is 0 Å². The van der Waals surface area contributed by atoms with Gasteiger partial charge in [-0.3, -0.25) is 4.79 Å². The highest BCUT2D eigenvalue weighted by atomic mass is 79.9. The Balaban J connectivity index is 2.13. The van der Waals surface area contributed by atoms with Crippen LogP contribution in [0.2, 0.25) is 0 Å². The van der Waals surface area contributed by atoms with Gasteiger partial charge in [0.15, 0.2) is 0 Å². The summed E-state index contributed by atoms with van der Waals surface area (Å²) < 4.78 is 6.42. The molecule has 1 aromatic carbocycles. The molecule has 2 N–H and O–H groups in total. The van der Waals surface area contributed by atoms with Crippen LogP contribution in [0.3, 0.4) is 0 Å². The van der Waals surface area contributed by atoms with Gasteiger partial charge in [-0.1, -0.05) is 22.9 Å². The topological polar surface area (TPSA) is 58.6 Å². The minimum atomic E-state index is -0.293. The number of carbonyl (C=O) groups is 1. The van der Waals surface area contributed by atoms with E-state index in [2.05, 4.69) is 21.2 Å². The summed E-state index contributed by atoms with van der Waals surface area (Å²) in [6, 6.07) is 5.47. The van der Waals surface area contributed by atoms with Gasteiger partial charge in [0.1, 0.15) is 18.3 Å². The van der Waals surface area contributed by atoms with Crippen LogP contribution in [0.15, 0.2) is 22.7 Å². The van der Waals surface area contributed by atoms with E-state index in [1.807, 2.05) is 25.1 Å². The summed E-state index contributed by atoms with van der Waals surface area (Å²) in [6.07, 6.45) is 0.709. The van der Waals surface area contributed by atoms with Crippen LogP contribution in [-0.4, -0.2) is 30.3 Å². The van der Waals surface area contributed by atoms with Crippen LogP contribution in [-0.2, 0) is 4.79 Å². The van der Waals surface area contributed by atoms with Crippen molar-refractivity contribution in [2.45, 2.75) is 25.3 Å². The average molecular weight is 314 g/mol. The number of amides is 1. The Morgan fingerprint density at radius 3 is 3.11 bits per heavy atom. The Hall–Kier alpha value is -1.07. The zero-order valence-electron chi connectivity index (χ0n) is 10.1. The number of benzene rings is 1. The van der Waals surface area contributed by atoms with Gasteiger partial charge in [0.2, 0.25) is 5.91 Å². The number of hydrogen-bond donors (Lipinski definition) is 2. The van der Waals surface area contributed by atoms with E-state index in [-0.39, 0.29) is 24.5 Å². The van der Waals surface area contributed by atoms with E-state index in [4.69, 9.17) is 9.84 Å². The van der Waals surface area contributed by atoms with Gasteiger partial charge < -0.3 is 15.2 Å². The Kier molecular flexibility index (Phi) is 4.24. The van der Waals surface area contributed by atoms with Crippen LogP contribution >= 0.6 is 15.9 Å². The zero-order chi connectivity index (χ0) is 13.1. The quantitative estimate of drug-likeness (QED) is 0.891. The van der Waals surface area contributed by atoms with Gasteiger partial charge >= 0.3 is 0 Å². The Morgan fingerprint density at radius 2 is 2.44 bits per heavy atom. The third kappa shape index (κ3) is 2.67. The monoisotopic (exact) mass is 313 g/mol. The first-order valence-corrected chi connectivity index (χ1v) is 6.78. The molecule has 1 amide bonds. The van der Waals surface area contributed by atoms with Gasteiger partial charge in [0, 0.05) is 10.0 Å². The van der Waals surface area contributed by atoms with Crippen molar-refractivity contribution < 1.29 is 14.6 Å². The SMILES string of the molecule is CCC(CO)NC(=O)C1COc2ccc(Br)cc21. The van der Waals surface area contributed by atoms with Crippen molar-refractivity contribution in [3.05, 3.63) is 28.2 Å². The van der Waals surface area contributed by atoms with Crippen LogP contribution < -0.4 is 10.1 Å². The van der Waals surface area contributed by atoms with E-state index in [1.54, 1.807) is 0 Å². The number of halogens is 1. The largest absolute Gasteiger partial charge is 0.492 e. The number of ether oxygens (including phenoxy) is 1. The molecular formula is C13H16BrNO3. The van der Waals surface area contributed by atoms with E-state index >= 15 is 0 Å². The number of carbonyl (C=O) groups excluding carboxylic acids is 1. The van der Waals surface area contributed by atoms with E-state index in [9.17, 15) is 4.79 Å². The maximum absolute atomic E-state index is 12.1. The van der Waals surface area contributed by atoms with Crippen molar-refractivity contribution in [3.63, 3.8) is 0 Å². The van der Waals surface area contributed by atoms with Crippen molar-refractivity contribution in [2.75, 3.05) is 13.2 Å². The predicted octanol–water partition coefficient (Wildman–Crippen LogP) is 1.81. The highest BCUT2D eigenvalue weighted by Crippen LogP contribution is 2.35. The van der Waals surface area contributed by atoms with Gasteiger partial charge in [0.05, 0.1) is 12.6 Å². The highest BCUT2D eigenvalue weighted by Gasteiger charge is 2.31. The maximum atomic E-state index is 12.1. The molecule has 0 fully saturated rings. The second-order valence-electron chi connectivity index (χ2n) is 4.34. The Morgan fingerprint density at radius 1 is 1.67 bits per heavy atom. The number of rotatable bonds is 4. The van der Waals surface area contributed by atoms with Crippen LogP contribution in [0, 0.1) is 0 Å². The molecule has 0 saturated heterocycles. The average Bonchev–Trinajstić information content (AvgIpc) is 2.78. The molecule has 0 aliphatic carbocycles. The fraction of sp³-hybridized carbons (Fsp3) is 0.462. The molecule has 1 aliphatic heterocycles. The fourth-order valence-electron chi connectivity index (χ4n) is 1.98. The molecule has 1 aromatic rings. The van der Waals surface area contributed by atoms with E-state index in [0.29, 0.717) is 13.0 Å². The minimum absolute atomic E-state index is 0.0405. The smallest absolute Gasteiger partial charge is 0.231 e. The molecule has 2 unspecified atom stereocenters. The predicted molar refractivity (Wildman–Crippen MR) is 71.7 cm³/mol. The van der Waals surface area contributed by atoms with Crippen molar-refractivity contribution in [2.24, 2.45) is 0 Å². The maximum Gasteiger partial charge on any atom is 0.231 e. The highest BCUT2D eigenvalue weighted by molar-refractivity contribution is 9.10. The van der Waals surface area contributed by atoms with Gasteiger partial charge in [-0.15, -0.1) is 0 Å². The lowest BCUT2D eigenvalue weighted by molar-refractivity contribution is -0.123. The summed E-state index contributed by atoms with van der Waals surface area (Å²) in [5.74, 6) is 0.376. The lowest BCUT2D eigenvalue weighted by atomic mass is 10.00. The van der Waals surface area contributed by atoms with Crippen molar-refractivity contribution in [1.29, 1.82) is 0 Å². The van der Waals surface area contributed by atoms with Crippen molar-refractivity contribution in [3.8, 4) is 5.75 Å². The van der Waals surface area contributed by atoms with Gasteiger partial charge in [-0.05, 0) is 24.6 Å². The second kappa shape index (κ2) is 5.71. The lowest BCUT2D eigenvalue weighted by Crippen LogP contribution is -2.40. The van der Waals surface area contributed by atoms with Crippen LogP contribution in [0.5, 0.6) is 5.75 Å². The summed E-state index contributed by atoms with van der Waals surface area (Å²) in [4.78, 5) is 12.1. The van der Waals surface area contributed by atoms with E-state index < -0.39 is 0 Å². The summed E-state index contributed by atoms with van der Waals surface area (Å²) >= 11 is 3.39. The van der Waals surface area contributed by atoms with Gasteiger partial charge in [-0.2, -0.15) is 0 Å². The Bertz CT molecular complexity index is 446. The summed E-state index contributed by atoms with van der Waals surface area (Å²) in [5, 5.41) is 11.9. The molecule has 0 aromatic heterocycles. The number of aliphatic hydroxyl groups is 1. The van der Waals surface area contributed by atoms with Gasteiger partial charge in [0.25, 0.3) is 0 Å². The first kappa shape index (κ1) is 13.4. The molecule has 98 valence electrons. The molecule has 2 rings (SSSR count). The number of hydrogen-bond acceptors (Lipinski definition) is 3. The number of aliphatic hydroxyl groups excluding tert-OH is 1. The third-order valence-electron chi connectivity index (χ3n) is 3.13. The lowest BCUT2D eigenvalue weighted by Gasteiger charge is -2.16. The molecule has 18 heavy (non-hydrogen) atoms. The molecule has 0 bridgehead atoms.